The molecule has 2 fully saturated rings. The van der Waals surface area contributed by atoms with Gasteiger partial charge in [0, 0.05) is 37.6 Å². The molecule has 1 N–H and O–H groups in total. The summed E-state index contributed by atoms with van der Waals surface area (Å²) in [5.74, 6) is 1.39. The molecule has 6 heteroatoms. The quantitative estimate of drug-likeness (QED) is 0.839. The molecule has 0 spiro atoms. The van der Waals surface area contributed by atoms with Gasteiger partial charge >= 0.3 is 0 Å². The van der Waals surface area contributed by atoms with E-state index >= 15 is 0 Å². The molecular formula is C21H30ClN3O2. The van der Waals surface area contributed by atoms with E-state index in [1.165, 1.54) is 12.8 Å². The summed E-state index contributed by atoms with van der Waals surface area (Å²) in [5, 5.41) is 4.01. The summed E-state index contributed by atoms with van der Waals surface area (Å²) in [6, 6.07) is 7.46. The van der Waals surface area contributed by atoms with Gasteiger partial charge in [0.1, 0.15) is 0 Å². The van der Waals surface area contributed by atoms with Gasteiger partial charge in [-0.25, -0.2) is 0 Å². The van der Waals surface area contributed by atoms with Crippen LogP contribution in [0.5, 0.6) is 0 Å². The zero-order valence-corrected chi connectivity index (χ0v) is 16.9. The third kappa shape index (κ3) is 5.45. The standard InChI is InChI=1S/C21H30ClN3O2/c1-16(17-6-8-23-9-7-17)14-20(26)24-10-12-25(13-11-24)21(27)15-18-4-2-3-5-19(18)22/h2-5,16-17,23H,6-15H2,1H3. The third-order valence-corrected chi connectivity index (χ3v) is 6.34. The molecule has 0 aromatic heterocycles. The number of piperazine rings is 1. The van der Waals surface area contributed by atoms with Crippen molar-refractivity contribution in [2.24, 2.45) is 11.8 Å². The highest BCUT2D eigenvalue weighted by atomic mass is 35.5. The zero-order chi connectivity index (χ0) is 19.2. The monoisotopic (exact) mass is 391 g/mol. The maximum Gasteiger partial charge on any atom is 0.227 e. The Labute approximate surface area is 167 Å². The van der Waals surface area contributed by atoms with Gasteiger partial charge in [-0.05, 0) is 49.4 Å². The molecule has 2 amide bonds. The number of hydrogen-bond acceptors (Lipinski definition) is 3. The summed E-state index contributed by atoms with van der Waals surface area (Å²) in [5.41, 5.74) is 0.860. The Bertz CT molecular complexity index is 653. The SMILES string of the molecule is CC(CC(=O)N1CCN(C(=O)Cc2ccccc2Cl)CC1)C1CCNCC1. The predicted octanol–water partition coefficient (Wildman–Crippen LogP) is 2.58. The van der Waals surface area contributed by atoms with Crippen LogP contribution in [0.3, 0.4) is 0 Å². The highest BCUT2D eigenvalue weighted by molar-refractivity contribution is 6.31. The number of halogens is 1. The normalized spacial score (nSPS) is 19.8. The summed E-state index contributed by atoms with van der Waals surface area (Å²) in [7, 11) is 0. The molecule has 1 atom stereocenters. The number of piperidine rings is 1. The third-order valence-electron chi connectivity index (χ3n) is 5.97. The van der Waals surface area contributed by atoms with Crippen LogP contribution in [0.4, 0.5) is 0 Å². The van der Waals surface area contributed by atoms with Crippen molar-refractivity contribution in [2.45, 2.75) is 32.6 Å². The summed E-state index contributed by atoms with van der Waals surface area (Å²) in [6.07, 6.45) is 3.27. The van der Waals surface area contributed by atoms with Crippen LogP contribution < -0.4 is 5.32 Å². The second-order valence-corrected chi connectivity index (χ2v) is 8.21. The molecule has 0 radical (unpaired) electrons. The highest BCUT2D eigenvalue weighted by Crippen LogP contribution is 2.25. The fourth-order valence-electron chi connectivity index (χ4n) is 4.11. The lowest BCUT2D eigenvalue weighted by Gasteiger charge is -2.36. The van der Waals surface area contributed by atoms with Crippen molar-refractivity contribution < 1.29 is 9.59 Å². The van der Waals surface area contributed by atoms with Crippen LogP contribution in [0.15, 0.2) is 24.3 Å². The maximum absolute atomic E-state index is 12.7. The summed E-state index contributed by atoms with van der Waals surface area (Å²) >= 11 is 6.16. The first kappa shape index (κ1) is 20.2. The molecule has 148 valence electrons. The van der Waals surface area contributed by atoms with Crippen LogP contribution in [-0.4, -0.2) is 60.9 Å². The van der Waals surface area contributed by atoms with Crippen LogP contribution in [0, 0.1) is 11.8 Å². The van der Waals surface area contributed by atoms with Crippen LogP contribution >= 0.6 is 11.6 Å². The number of carbonyl (C=O) groups is 2. The number of hydrogen-bond donors (Lipinski definition) is 1. The Hall–Kier alpha value is -1.59. The Morgan fingerprint density at radius 3 is 2.30 bits per heavy atom. The van der Waals surface area contributed by atoms with E-state index < -0.39 is 0 Å². The predicted molar refractivity (Wildman–Crippen MR) is 108 cm³/mol. The molecule has 2 saturated heterocycles. The summed E-state index contributed by atoms with van der Waals surface area (Å²) < 4.78 is 0. The molecule has 0 saturated carbocycles. The van der Waals surface area contributed by atoms with Crippen molar-refractivity contribution in [1.82, 2.24) is 15.1 Å². The molecular weight excluding hydrogens is 362 g/mol. The number of rotatable bonds is 5. The van der Waals surface area contributed by atoms with Gasteiger partial charge in [-0.2, -0.15) is 0 Å². The van der Waals surface area contributed by atoms with Gasteiger partial charge in [-0.1, -0.05) is 36.7 Å². The average Bonchev–Trinajstić information content (AvgIpc) is 2.70. The van der Waals surface area contributed by atoms with E-state index in [0.717, 1.165) is 18.7 Å². The van der Waals surface area contributed by atoms with E-state index in [2.05, 4.69) is 12.2 Å². The first-order valence-electron chi connectivity index (χ1n) is 10.0. The lowest BCUT2D eigenvalue weighted by atomic mass is 9.84. The number of amides is 2. The number of carbonyl (C=O) groups excluding carboxylic acids is 2. The van der Waals surface area contributed by atoms with Crippen molar-refractivity contribution >= 4 is 23.4 Å². The van der Waals surface area contributed by atoms with E-state index in [-0.39, 0.29) is 11.8 Å². The largest absolute Gasteiger partial charge is 0.339 e. The van der Waals surface area contributed by atoms with Crippen LogP contribution in [0.1, 0.15) is 31.7 Å². The minimum atomic E-state index is 0.0817. The van der Waals surface area contributed by atoms with E-state index in [4.69, 9.17) is 11.6 Å². The maximum atomic E-state index is 12.7. The van der Waals surface area contributed by atoms with Crippen LogP contribution in [0.25, 0.3) is 0 Å². The second kappa shape index (κ2) is 9.56. The van der Waals surface area contributed by atoms with E-state index in [9.17, 15) is 9.59 Å². The summed E-state index contributed by atoms with van der Waals surface area (Å²) in [6.45, 7) is 6.81. The van der Waals surface area contributed by atoms with Crippen molar-refractivity contribution in [1.29, 1.82) is 0 Å². The average molecular weight is 392 g/mol. The molecule has 27 heavy (non-hydrogen) atoms. The van der Waals surface area contributed by atoms with Gasteiger partial charge in [-0.15, -0.1) is 0 Å². The molecule has 1 aromatic carbocycles. The van der Waals surface area contributed by atoms with E-state index in [1.54, 1.807) is 0 Å². The molecule has 0 bridgehead atoms. The van der Waals surface area contributed by atoms with Gasteiger partial charge in [0.2, 0.25) is 11.8 Å². The van der Waals surface area contributed by atoms with Gasteiger partial charge in [-0.3, -0.25) is 9.59 Å². The first-order chi connectivity index (χ1) is 13.0. The highest BCUT2D eigenvalue weighted by Gasteiger charge is 2.27. The summed E-state index contributed by atoms with van der Waals surface area (Å²) in [4.78, 5) is 29.0. The Balaban J connectivity index is 1.44. The van der Waals surface area contributed by atoms with Crippen molar-refractivity contribution in [2.75, 3.05) is 39.3 Å². The van der Waals surface area contributed by atoms with Crippen LogP contribution in [0.2, 0.25) is 5.02 Å². The lowest BCUT2D eigenvalue weighted by molar-refractivity contribution is -0.140. The Morgan fingerprint density at radius 2 is 1.67 bits per heavy atom. The fraction of sp³-hybridized carbons (Fsp3) is 0.619. The molecule has 3 rings (SSSR count). The van der Waals surface area contributed by atoms with Crippen LogP contribution in [-0.2, 0) is 16.0 Å². The van der Waals surface area contributed by atoms with Crippen molar-refractivity contribution in [3.8, 4) is 0 Å². The molecule has 1 aromatic rings. The molecule has 0 aliphatic carbocycles. The van der Waals surface area contributed by atoms with Crippen molar-refractivity contribution in [3.05, 3.63) is 34.9 Å². The minimum Gasteiger partial charge on any atom is -0.339 e. The van der Waals surface area contributed by atoms with Gasteiger partial charge in [0.25, 0.3) is 0 Å². The first-order valence-corrected chi connectivity index (χ1v) is 10.4. The smallest absolute Gasteiger partial charge is 0.227 e. The zero-order valence-electron chi connectivity index (χ0n) is 16.1. The van der Waals surface area contributed by atoms with E-state index in [0.29, 0.717) is 55.9 Å². The van der Waals surface area contributed by atoms with E-state index in [1.807, 2.05) is 34.1 Å². The molecule has 1 unspecified atom stereocenters. The van der Waals surface area contributed by atoms with Crippen molar-refractivity contribution in [3.63, 3.8) is 0 Å². The van der Waals surface area contributed by atoms with Gasteiger partial charge in [0.15, 0.2) is 0 Å². The molecule has 5 nitrogen and oxygen atoms in total. The van der Waals surface area contributed by atoms with Gasteiger partial charge < -0.3 is 15.1 Å². The minimum absolute atomic E-state index is 0.0817. The fourth-order valence-corrected chi connectivity index (χ4v) is 4.31. The number of nitrogens with one attached hydrogen (secondary N) is 1. The molecule has 2 heterocycles. The second-order valence-electron chi connectivity index (χ2n) is 7.80. The van der Waals surface area contributed by atoms with Gasteiger partial charge in [0.05, 0.1) is 6.42 Å². The molecule has 2 aliphatic rings. The number of nitrogens with zero attached hydrogens (tertiary/aromatic N) is 2. The number of benzene rings is 1. The topological polar surface area (TPSA) is 52.7 Å². The Morgan fingerprint density at radius 1 is 1.07 bits per heavy atom. The Kier molecular flexibility index (Phi) is 7.13. The lowest BCUT2D eigenvalue weighted by Crippen LogP contribution is -2.51. The molecule has 2 aliphatic heterocycles.